The molecule has 0 heterocycles. The molecule has 3 rings (SSSR count). The Labute approximate surface area is 135 Å². The van der Waals surface area contributed by atoms with E-state index in [9.17, 15) is 12.8 Å². The van der Waals surface area contributed by atoms with Gasteiger partial charge in [-0.1, -0.05) is 6.07 Å². The SMILES string of the molecule is NC[C@@H]1CCCc2ccc(NS(=O)(=O)c3ccc(F)cc3)cc21. The van der Waals surface area contributed by atoms with Gasteiger partial charge >= 0.3 is 0 Å². The van der Waals surface area contributed by atoms with Crippen LogP contribution in [0.4, 0.5) is 10.1 Å². The fourth-order valence-corrected chi connectivity index (χ4v) is 4.08. The summed E-state index contributed by atoms with van der Waals surface area (Å²) < 4.78 is 40.3. The molecule has 1 aliphatic carbocycles. The van der Waals surface area contributed by atoms with Crippen LogP contribution >= 0.6 is 0 Å². The minimum Gasteiger partial charge on any atom is -0.330 e. The van der Waals surface area contributed by atoms with E-state index in [2.05, 4.69) is 4.72 Å². The minimum absolute atomic E-state index is 0.0343. The highest BCUT2D eigenvalue weighted by Crippen LogP contribution is 2.33. The maximum Gasteiger partial charge on any atom is 0.261 e. The Hall–Kier alpha value is -1.92. The van der Waals surface area contributed by atoms with Gasteiger partial charge in [-0.05, 0) is 79.3 Å². The van der Waals surface area contributed by atoms with Gasteiger partial charge in [-0.2, -0.15) is 0 Å². The van der Waals surface area contributed by atoms with Gasteiger partial charge in [0.15, 0.2) is 0 Å². The molecule has 0 saturated carbocycles. The van der Waals surface area contributed by atoms with E-state index >= 15 is 0 Å². The first kappa shape index (κ1) is 16.0. The zero-order valence-corrected chi connectivity index (χ0v) is 13.4. The summed E-state index contributed by atoms with van der Waals surface area (Å²) in [6.07, 6.45) is 3.13. The number of sulfonamides is 1. The average Bonchev–Trinajstić information content (AvgIpc) is 2.54. The topological polar surface area (TPSA) is 72.2 Å². The monoisotopic (exact) mass is 334 g/mol. The van der Waals surface area contributed by atoms with Crippen molar-refractivity contribution in [3.8, 4) is 0 Å². The Bertz CT molecular complexity index is 804. The summed E-state index contributed by atoms with van der Waals surface area (Å²) in [5, 5.41) is 0. The van der Waals surface area contributed by atoms with Crippen LogP contribution in [-0.4, -0.2) is 15.0 Å². The van der Waals surface area contributed by atoms with Gasteiger partial charge in [-0.15, -0.1) is 0 Å². The van der Waals surface area contributed by atoms with Gasteiger partial charge < -0.3 is 5.73 Å². The quantitative estimate of drug-likeness (QED) is 0.903. The van der Waals surface area contributed by atoms with Gasteiger partial charge in [0.05, 0.1) is 4.90 Å². The van der Waals surface area contributed by atoms with E-state index in [0.29, 0.717) is 12.2 Å². The number of hydrogen-bond acceptors (Lipinski definition) is 3. The summed E-state index contributed by atoms with van der Waals surface area (Å²) in [7, 11) is -3.73. The second-order valence-corrected chi connectivity index (χ2v) is 7.48. The van der Waals surface area contributed by atoms with Crippen molar-refractivity contribution in [3.05, 3.63) is 59.4 Å². The van der Waals surface area contributed by atoms with Crippen LogP contribution in [0.2, 0.25) is 0 Å². The first-order valence-electron chi connectivity index (χ1n) is 7.61. The van der Waals surface area contributed by atoms with E-state index in [-0.39, 0.29) is 10.8 Å². The van der Waals surface area contributed by atoms with Crippen LogP contribution in [0.5, 0.6) is 0 Å². The number of nitrogens with one attached hydrogen (secondary N) is 1. The Kier molecular flexibility index (Phi) is 4.37. The van der Waals surface area contributed by atoms with Crippen molar-refractivity contribution in [2.45, 2.75) is 30.1 Å². The van der Waals surface area contributed by atoms with Crippen LogP contribution in [0.3, 0.4) is 0 Å². The van der Waals surface area contributed by atoms with Crippen LogP contribution < -0.4 is 10.5 Å². The molecule has 23 heavy (non-hydrogen) atoms. The number of halogens is 1. The molecule has 1 aliphatic rings. The second-order valence-electron chi connectivity index (χ2n) is 5.80. The molecular formula is C17H19FN2O2S. The minimum atomic E-state index is -3.73. The van der Waals surface area contributed by atoms with Crippen molar-refractivity contribution < 1.29 is 12.8 Å². The van der Waals surface area contributed by atoms with E-state index in [1.54, 1.807) is 6.07 Å². The predicted octanol–water partition coefficient (Wildman–Crippen LogP) is 3.01. The van der Waals surface area contributed by atoms with Crippen molar-refractivity contribution in [3.63, 3.8) is 0 Å². The molecular weight excluding hydrogens is 315 g/mol. The lowest BCUT2D eigenvalue weighted by molar-refractivity contribution is 0.561. The van der Waals surface area contributed by atoms with Gasteiger partial charge in [0.2, 0.25) is 0 Å². The molecule has 0 radical (unpaired) electrons. The van der Waals surface area contributed by atoms with E-state index < -0.39 is 15.8 Å². The molecule has 1 atom stereocenters. The van der Waals surface area contributed by atoms with Crippen LogP contribution in [-0.2, 0) is 16.4 Å². The average molecular weight is 334 g/mol. The Morgan fingerprint density at radius 2 is 1.91 bits per heavy atom. The summed E-state index contributed by atoms with van der Waals surface area (Å²) >= 11 is 0. The van der Waals surface area contributed by atoms with Crippen molar-refractivity contribution in [1.82, 2.24) is 0 Å². The van der Waals surface area contributed by atoms with Gasteiger partial charge in [-0.3, -0.25) is 4.72 Å². The van der Waals surface area contributed by atoms with E-state index in [0.717, 1.165) is 37.0 Å². The fourth-order valence-electron chi connectivity index (χ4n) is 3.03. The molecule has 0 saturated heterocycles. The maximum absolute atomic E-state index is 12.9. The third kappa shape index (κ3) is 3.38. The summed E-state index contributed by atoms with van der Waals surface area (Å²) in [6, 6.07) is 10.3. The first-order valence-corrected chi connectivity index (χ1v) is 9.09. The molecule has 2 aromatic carbocycles. The number of rotatable bonds is 4. The molecule has 0 unspecified atom stereocenters. The molecule has 2 aromatic rings. The van der Waals surface area contributed by atoms with Crippen molar-refractivity contribution in [2.75, 3.05) is 11.3 Å². The standard InChI is InChI=1S/C17H19FN2O2S/c18-14-5-8-16(9-6-14)23(21,22)20-15-7-4-12-2-1-3-13(11-19)17(12)10-15/h4-10,13,20H,1-3,11,19H2/t13-/m0/s1. The Morgan fingerprint density at radius 1 is 1.17 bits per heavy atom. The molecule has 0 spiro atoms. The highest BCUT2D eigenvalue weighted by atomic mass is 32.2. The van der Waals surface area contributed by atoms with E-state index in [1.807, 2.05) is 12.1 Å². The molecule has 122 valence electrons. The molecule has 3 N–H and O–H groups in total. The van der Waals surface area contributed by atoms with Crippen molar-refractivity contribution in [2.24, 2.45) is 5.73 Å². The molecule has 4 nitrogen and oxygen atoms in total. The third-order valence-electron chi connectivity index (χ3n) is 4.25. The lowest BCUT2D eigenvalue weighted by atomic mass is 9.83. The number of fused-ring (bicyclic) bond motifs is 1. The molecule has 0 bridgehead atoms. The summed E-state index contributed by atoms with van der Waals surface area (Å²) in [5.74, 6) is -0.197. The summed E-state index contributed by atoms with van der Waals surface area (Å²) in [6.45, 7) is 0.557. The Morgan fingerprint density at radius 3 is 2.61 bits per heavy atom. The van der Waals surface area contributed by atoms with E-state index in [4.69, 9.17) is 5.73 Å². The molecule has 6 heteroatoms. The lowest BCUT2D eigenvalue weighted by Crippen LogP contribution is -2.19. The largest absolute Gasteiger partial charge is 0.330 e. The maximum atomic E-state index is 12.9. The number of nitrogens with two attached hydrogens (primary N) is 1. The lowest BCUT2D eigenvalue weighted by Gasteiger charge is -2.25. The van der Waals surface area contributed by atoms with Gasteiger partial charge in [-0.25, -0.2) is 12.8 Å². The molecule has 0 aromatic heterocycles. The van der Waals surface area contributed by atoms with Gasteiger partial charge in [0.1, 0.15) is 5.82 Å². The zero-order valence-electron chi connectivity index (χ0n) is 12.6. The number of anilines is 1. The highest BCUT2D eigenvalue weighted by molar-refractivity contribution is 7.92. The molecule has 0 amide bonds. The smallest absolute Gasteiger partial charge is 0.261 e. The van der Waals surface area contributed by atoms with Crippen LogP contribution in [0.15, 0.2) is 47.4 Å². The molecule has 0 aliphatic heterocycles. The van der Waals surface area contributed by atoms with Crippen LogP contribution in [0.25, 0.3) is 0 Å². The van der Waals surface area contributed by atoms with Crippen molar-refractivity contribution >= 4 is 15.7 Å². The fraction of sp³-hybridized carbons (Fsp3) is 0.294. The van der Waals surface area contributed by atoms with Gasteiger partial charge in [0.25, 0.3) is 10.0 Å². The van der Waals surface area contributed by atoms with Crippen LogP contribution in [0, 0.1) is 5.82 Å². The Balaban J connectivity index is 1.89. The normalized spacial score (nSPS) is 17.6. The van der Waals surface area contributed by atoms with Gasteiger partial charge in [0, 0.05) is 5.69 Å². The first-order chi connectivity index (χ1) is 11.0. The number of aryl methyl sites for hydroxylation is 1. The van der Waals surface area contributed by atoms with Crippen molar-refractivity contribution in [1.29, 1.82) is 0 Å². The molecule has 0 fully saturated rings. The predicted molar refractivity (Wildman–Crippen MR) is 88.4 cm³/mol. The van der Waals surface area contributed by atoms with E-state index in [1.165, 1.54) is 17.7 Å². The van der Waals surface area contributed by atoms with Crippen LogP contribution in [0.1, 0.15) is 29.9 Å². The third-order valence-corrected chi connectivity index (χ3v) is 5.64. The zero-order chi connectivity index (χ0) is 16.4. The number of benzene rings is 2. The summed E-state index contributed by atoms with van der Waals surface area (Å²) in [4.78, 5) is 0.0343. The second kappa shape index (κ2) is 6.29. The summed E-state index contributed by atoms with van der Waals surface area (Å²) in [5.41, 5.74) is 8.69. The number of hydrogen-bond donors (Lipinski definition) is 2. The highest BCUT2D eigenvalue weighted by Gasteiger charge is 2.21.